The highest BCUT2D eigenvalue weighted by Gasteiger charge is 2.26. The zero-order valence-electron chi connectivity index (χ0n) is 19.4. The molecule has 11 heteroatoms. The van der Waals surface area contributed by atoms with E-state index in [0.717, 1.165) is 5.56 Å². The highest BCUT2D eigenvalue weighted by atomic mass is 28.2. The van der Waals surface area contributed by atoms with Gasteiger partial charge in [0.15, 0.2) is 9.76 Å². The Bertz CT molecular complexity index is 841. The third-order valence-electron chi connectivity index (χ3n) is 4.10. The van der Waals surface area contributed by atoms with Crippen molar-refractivity contribution < 1.29 is 28.6 Å². The van der Waals surface area contributed by atoms with E-state index in [1.807, 2.05) is 20.0 Å². The van der Waals surface area contributed by atoms with Crippen LogP contribution in [0.15, 0.2) is 24.8 Å². The predicted molar refractivity (Wildman–Crippen MR) is 117 cm³/mol. The van der Waals surface area contributed by atoms with E-state index >= 15 is 0 Å². The molecule has 0 atom stereocenters. The molecule has 0 spiro atoms. The van der Waals surface area contributed by atoms with Gasteiger partial charge in [0.05, 0.1) is 38.8 Å². The van der Waals surface area contributed by atoms with Crippen LogP contribution >= 0.6 is 0 Å². The van der Waals surface area contributed by atoms with E-state index < -0.39 is 9.76 Å². The fourth-order valence-electron chi connectivity index (χ4n) is 2.21. The van der Waals surface area contributed by atoms with Crippen molar-refractivity contribution in [2.45, 2.75) is 65.0 Å². The van der Waals surface area contributed by atoms with E-state index in [-0.39, 0.29) is 42.3 Å². The average Bonchev–Trinajstić information content (AvgIpc) is 3.36. The molecule has 10 nitrogen and oxygen atoms in total. The molecular weight excluding hydrogens is 420 g/mol. The first-order valence-corrected chi connectivity index (χ1v) is 11.1. The van der Waals surface area contributed by atoms with Crippen LogP contribution < -0.4 is 0 Å². The number of carbonyl (C=O) groups excluding carboxylic acids is 2. The molecule has 0 saturated carbocycles. The standard InChI is InChI=1S/C13H24N2O3Si.C7H10N2O3/c1-12(2,3)19-18-13(4,5)10-7-14-15(8-10)9-11(16)17-6;1-12-7(11)4-9-3-6(5-10)2-8-9/h7-8H,9,19H2,1-6H3;2-3,10H,4-5H2,1H3. The minimum absolute atomic E-state index is 0.0683. The van der Waals surface area contributed by atoms with Crippen LogP contribution in [0.5, 0.6) is 0 Å². The Kier molecular flexibility index (Phi) is 10.1. The third-order valence-corrected chi connectivity index (χ3v) is 5.83. The zero-order valence-corrected chi connectivity index (χ0v) is 20.8. The summed E-state index contributed by atoms with van der Waals surface area (Å²) < 4.78 is 18.1. The Morgan fingerprint density at radius 2 is 1.48 bits per heavy atom. The Morgan fingerprint density at radius 1 is 0.968 bits per heavy atom. The van der Waals surface area contributed by atoms with Crippen molar-refractivity contribution in [2.75, 3.05) is 14.2 Å². The van der Waals surface area contributed by atoms with Gasteiger partial charge in [0.2, 0.25) is 0 Å². The number of nitrogens with zero attached hydrogens (tertiary/aromatic N) is 4. The first-order valence-electron chi connectivity index (χ1n) is 9.83. The van der Waals surface area contributed by atoms with Crippen LogP contribution in [0.3, 0.4) is 0 Å². The summed E-state index contributed by atoms with van der Waals surface area (Å²) in [6.07, 6.45) is 6.69. The number of rotatable bonds is 8. The van der Waals surface area contributed by atoms with Crippen molar-refractivity contribution in [1.29, 1.82) is 0 Å². The maximum absolute atomic E-state index is 11.2. The van der Waals surface area contributed by atoms with Gasteiger partial charge >= 0.3 is 11.9 Å². The number of esters is 2. The summed E-state index contributed by atoms with van der Waals surface area (Å²) in [5, 5.41) is 16.9. The molecule has 2 aromatic rings. The molecule has 0 aromatic carbocycles. The molecule has 0 bridgehead atoms. The van der Waals surface area contributed by atoms with Crippen LogP contribution in [0.25, 0.3) is 0 Å². The number of aliphatic hydroxyl groups is 1. The lowest BCUT2D eigenvalue weighted by Gasteiger charge is -2.29. The van der Waals surface area contributed by atoms with Crippen LogP contribution in [0.1, 0.15) is 45.7 Å². The molecule has 31 heavy (non-hydrogen) atoms. The number of aromatic nitrogens is 4. The molecular formula is C20H34N4O6Si. The summed E-state index contributed by atoms with van der Waals surface area (Å²) in [6, 6.07) is 0. The molecule has 2 heterocycles. The van der Waals surface area contributed by atoms with Gasteiger partial charge in [-0.05, 0) is 18.9 Å². The van der Waals surface area contributed by atoms with Crippen molar-refractivity contribution in [3.63, 3.8) is 0 Å². The summed E-state index contributed by atoms with van der Waals surface area (Å²) in [7, 11) is 2.04. The van der Waals surface area contributed by atoms with E-state index in [9.17, 15) is 9.59 Å². The van der Waals surface area contributed by atoms with E-state index in [2.05, 4.69) is 40.4 Å². The summed E-state index contributed by atoms with van der Waals surface area (Å²) in [6.45, 7) is 10.8. The first-order chi connectivity index (χ1) is 14.4. The Morgan fingerprint density at radius 3 is 1.94 bits per heavy atom. The van der Waals surface area contributed by atoms with Gasteiger partial charge in [-0.2, -0.15) is 10.2 Å². The topological polar surface area (TPSA) is 118 Å². The maximum Gasteiger partial charge on any atom is 0.327 e. The van der Waals surface area contributed by atoms with Gasteiger partial charge in [-0.25, -0.2) is 0 Å². The predicted octanol–water partition coefficient (Wildman–Crippen LogP) is 1.16. The summed E-state index contributed by atoms with van der Waals surface area (Å²) in [4.78, 5) is 21.9. The van der Waals surface area contributed by atoms with Crippen LogP contribution in [0, 0.1) is 0 Å². The van der Waals surface area contributed by atoms with Crippen molar-refractivity contribution in [1.82, 2.24) is 19.6 Å². The molecule has 0 fully saturated rings. The Labute approximate surface area is 185 Å². The van der Waals surface area contributed by atoms with Crippen molar-refractivity contribution >= 4 is 21.7 Å². The fraction of sp³-hybridized carbons (Fsp3) is 0.600. The van der Waals surface area contributed by atoms with Gasteiger partial charge in [-0.15, -0.1) is 0 Å². The number of hydrogen-bond donors (Lipinski definition) is 1. The Hall–Kier alpha value is -2.50. The molecule has 0 saturated heterocycles. The zero-order chi connectivity index (χ0) is 23.7. The van der Waals surface area contributed by atoms with E-state index in [1.165, 1.54) is 25.1 Å². The molecule has 0 unspecified atom stereocenters. The van der Waals surface area contributed by atoms with Crippen molar-refractivity contribution in [2.24, 2.45) is 0 Å². The summed E-state index contributed by atoms with van der Waals surface area (Å²) in [5.41, 5.74) is 1.29. The number of carbonyl (C=O) groups is 2. The molecule has 0 aliphatic heterocycles. The smallest absolute Gasteiger partial charge is 0.327 e. The average molecular weight is 455 g/mol. The molecule has 1 N–H and O–H groups in total. The maximum atomic E-state index is 11.2. The van der Waals surface area contributed by atoms with E-state index in [4.69, 9.17) is 9.53 Å². The third kappa shape index (κ3) is 9.90. The van der Waals surface area contributed by atoms with Gasteiger partial charge in [0.25, 0.3) is 0 Å². The van der Waals surface area contributed by atoms with Crippen LogP contribution in [-0.2, 0) is 48.8 Å². The highest BCUT2D eigenvalue weighted by Crippen LogP contribution is 2.29. The van der Waals surface area contributed by atoms with Crippen molar-refractivity contribution in [3.8, 4) is 0 Å². The highest BCUT2D eigenvalue weighted by molar-refractivity contribution is 6.31. The number of ether oxygens (including phenoxy) is 2. The molecule has 2 aromatic heterocycles. The number of aliphatic hydroxyl groups excluding tert-OH is 1. The van der Waals surface area contributed by atoms with Crippen LogP contribution in [-0.4, -0.2) is 60.6 Å². The molecule has 0 radical (unpaired) electrons. The van der Waals surface area contributed by atoms with E-state index in [1.54, 1.807) is 17.1 Å². The molecule has 0 amide bonds. The molecule has 0 aliphatic rings. The van der Waals surface area contributed by atoms with Gasteiger partial charge in [0.1, 0.15) is 13.1 Å². The van der Waals surface area contributed by atoms with Crippen molar-refractivity contribution in [3.05, 3.63) is 35.9 Å². The van der Waals surface area contributed by atoms with Gasteiger partial charge < -0.3 is 19.0 Å². The number of methoxy groups -OCH3 is 2. The second-order valence-electron chi connectivity index (χ2n) is 8.64. The summed E-state index contributed by atoms with van der Waals surface area (Å²) in [5.74, 6) is -0.667. The summed E-state index contributed by atoms with van der Waals surface area (Å²) >= 11 is 0. The first kappa shape index (κ1) is 26.5. The SMILES string of the molecule is COC(=O)Cn1cc(C(C)(C)O[SiH2]C(C)(C)C)cn1.COC(=O)Cn1cc(CO)cn1. The van der Waals surface area contributed by atoms with Gasteiger partial charge in [-0.3, -0.25) is 19.0 Å². The van der Waals surface area contributed by atoms with Gasteiger partial charge in [-0.1, -0.05) is 20.8 Å². The molecule has 2 rings (SSSR count). The monoisotopic (exact) mass is 454 g/mol. The normalized spacial score (nSPS) is 11.9. The second kappa shape index (κ2) is 11.8. The minimum Gasteiger partial charge on any atom is -0.468 e. The Balaban J connectivity index is 0.000000343. The fourth-order valence-corrected chi connectivity index (χ4v) is 3.17. The largest absolute Gasteiger partial charge is 0.468 e. The lowest BCUT2D eigenvalue weighted by molar-refractivity contribution is -0.142. The second-order valence-corrected chi connectivity index (χ2v) is 11.3. The van der Waals surface area contributed by atoms with E-state index in [0.29, 0.717) is 5.56 Å². The number of hydrogen-bond acceptors (Lipinski definition) is 8. The van der Waals surface area contributed by atoms with Crippen LogP contribution in [0.2, 0.25) is 5.04 Å². The lowest BCUT2D eigenvalue weighted by Crippen LogP contribution is -2.27. The molecule has 0 aliphatic carbocycles. The van der Waals surface area contributed by atoms with Crippen LogP contribution in [0.4, 0.5) is 0 Å². The van der Waals surface area contributed by atoms with Gasteiger partial charge in [0, 0.05) is 23.5 Å². The lowest BCUT2D eigenvalue weighted by atomic mass is 10.0. The quantitative estimate of drug-likeness (QED) is 0.466. The molecule has 174 valence electrons. The minimum atomic E-state index is -0.644.